The number of hydrogen-bond donors (Lipinski definition) is 1. The van der Waals surface area contributed by atoms with Crippen molar-refractivity contribution < 1.29 is 9.53 Å². The zero-order chi connectivity index (χ0) is 9.94. The molecular formula is C11H23NO2. The Hall–Kier alpha value is -0.990. The van der Waals surface area contributed by atoms with Gasteiger partial charge in [0.25, 0.3) is 0 Å². The molecule has 0 aliphatic heterocycles. The van der Waals surface area contributed by atoms with Crippen LogP contribution < -0.4 is 5.32 Å². The topological polar surface area (TPSA) is 38.3 Å². The summed E-state index contributed by atoms with van der Waals surface area (Å²) in [5.41, 5.74) is 0. The Kier molecular flexibility index (Phi) is 13.3. The molecule has 0 bridgehead atoms. The summed E-state index contributed by atoms with van der Waals surface area (Å²) < 4.78 is 4.73. The second kappa shape index (κ2) is 12.0. The van der Waals surface area contributed by atoms with Gasteiger partial charge in [-0.3, -0.25) is 0 Å². The van der Waals surface area contributed by atoms with Crippen molar-refractivity contribution in [2.75, 3.05) is 13.2 Å². The lowest BCUT2D eigenvalue weighted by atomic mass is 10.2. The van der Waals surface area contributed by atoms with Crippen LogP contribution in [0.4, 0.5) is 4.79 Å². The minimum absolute atomic E-state index is 0. The average molecular weight is 201 g/mol. The van der Waals surface area contributed by atoms with E-state index in [4.69, 9.17) is 4.74 Å². The molecule has 0 spiro atoms. The summed E-state index contributed by atoms with van der Waals surface area (Å²) in [5.74, 6) is 0. The molecular weight excluding hydrogens is 178 g/mol. The van der Waals surface area contributed by atoms with E-state index in [0.717, 1.165) is 12.8 Å². The number of unbranched alkanes of at least 4 members (excludes halogenated alkanes) is 3. The van der Waals surface area contributed by atoms with E-state index < -0.39 is 0 Å². The predicted octanol–water partition coefficient (Wildman–Crippen LogP) is 3.12. The third-order valence-corrected chi connectivity index (χ3v) is 1.63. The van der Waals surface area contributed by atoms with Crippen LogP contribution in [0.3, 0.4) is 0 Å². The smallest absolute Gasteiger partial charge is 0.407 e. The Bertz CT molecular complexity index is 146. The first-order valence-corrected chi connectivity index (χ1v) is 4.82. The first kappa shape index (κ1) is 15.5. The van der Waals surface area contributed by atoms with Crippen molar-refractivity contribution in [1.29, 1.82) is 0 Å². The lowest BCUT2D eigenvalue weighted by molar-refractivity contribution is 0.158. The Labute approximate surface area is 87.5 Å². The molecule has 0 fully saturated rings. The number of nitrogens with one attached hydrogen (secondary N) is 1. The molecule has 1 amide bonds. The third-order valence-electron chi connectivity index (χ3n) is 1.63. The summed E-state index contributed by atoms with van der Waals surface area (Å²) in [6.45, 7) is 6.59. The summed E-state index contributed by atoms with van der Waals surface area (Å²) in [5, 5.41) is 2.67. The molecule has 14 heavy (non-hydrogen) atoms. The van der Waals surface area contributed by atoms with Crippen LogP contribution in [0.2, 0.25) is 0 Å². The van der Waals surface area contributed by atoms with Gasteiger partial charge in [0.1, 0.15) is 6.61 Å². The number of amides is 1. The summed E-state index contributed by atoms with van der Waals surface area (Å²) in [6, 6.07) is 0. The summed E-state index contributed by atoms with van der Waals surface area (Å²) in [4.78, 5) is 10.9. The van der Waals surface area contributed by atoms with Gasteiger partial charge in [0.15, 0.2) is 0 Å². The third kappa shape index (κ3) is 11.0. The molecule has 0 aliphatic carbocycles. The van der Waals surface area contributed by atoms with Gasteiger partial charge < -0.3 is 10.1 Å². The van der Waals surface area contributed by atoms with Crippen molar-refractivity contribution in [3.05, 3.63) is 12.7 Å². The van der Waals surface area contributed by atoms with E-state index in [2.05, 4.69) is 18.8 Å². The first-order chi connectivity index (χ1) is 6.31. The van der Waals surface area contributed by atoms with Crippen LogP contribution in [-0.4, -0.2) is 19.2 Å². The molecule has 0 aromatic carbocycles. The minimum atomic E-state index is -0.351. The van der Waals surface area contributed by atoms with Gasteiger partial charge >= 0.3 is 6.09 Å². The molecule has 0 saturated heterocycles. The number of ether oxygens (including phenoxy) is 1. The minimum Gasteiger partial charge on any atom is -0.445 e. The highest BCUT2D eigenvalue weighted by atomic mass is 16.5. The Morgan fingerprint density at radius 1 is 1.43 bits per heavy atom. The van der Waals surface area contributed by atoms with Crippen LogP contribution >= 0.6 is 0 Å². The fourth-order valence-electron chi connectivity index (χ4n) is 0.928. The van der Waals surface area contributed by atoms with E-state index >= 15 is 0 Å². The number of alkyl carbamates (subject to hydrolysis) is 1. The zero-order valence-electron chi connectivity index (χ0n) is 8.34. The Morgan fingerprint density at radius 3 is 2.71 bits per heavy atom. The van der Waals surface area contributed by atoms with E-state index in [1.54, 1.807) is 6.08 Å². The van der Waals surface area contributed by atoms with Gasteiger partial charge in [-0.05, 0) is 6.42 Å². The quantitative estimate of drug-likeness (QED) is 0.507. The van der Waals surface area contributed by atoms with Gasteiger partial charge in [0, 0.05) is 6.54 Å². The molecule has 1 N–H and O–H groups in total. The molecule has 0 radical (unpaired) electrons. The monoisotopic (exact) mass is 201 g/mol. The van der Waals surface area contributed by atoms with E-state index in [-0.39, 0.29) is 20.1 Å². The van der Waals surface area contributed by atoms with E-state index in [1.165, 1.54) is 12.8 Å². The lowest BCUT2D eigenvalue weighted by Crippen LogP contribution is -2.25. The van der Waals surface area contributed by atoms with Crippen LogP contribution in [0.15, 0.2) is 12.7 Å². The van der Waals surface area contributed by atoms with E-state index in [0.29, 0.717) is 6.54 Å². The van der Waals surface area contributed by atoms with Gasteiger partial charge in [0.05, 0.1) is 0 Å². The second-order valence-electron chi connectivity index (χ2n) is 2.87. The second-order valence-corrected chi connectivity index (χ2v) is 2.87. The molecule has 0 aromatic heterocycles. The fraction of sp³-hybridized carbons (Fsp3) is 0.727. The summed E-state index contributed by atoms with van der Waals surface area (Å²) >= 11 is 0. The molecule has 3 heteroatoms. The number of rotatable bonds is 7. The van der Waals surface area contributed by atoms with Crippen molar-refractivity contribution in [3.63, 3.8) is 0 Å². The van der Waals surface area contributed by atoms with Gasteiger partial charge in [-0.25, -0.2) is 4.79 Å². The molecule has 0 heterocycles. The standard InChI is InChI=1S/C10H19NO2.CH4/c1-3-5-6-7-8-11-10(12)13-9-4-2;/h4H,2-3,5-9H2,1H3,(H,11,12);1H4. The molecule has 0 atom stereocenters. The maximum absolute atomic E-state index is 10.9. The van der Waals surface area contributed by atoms with Crippen LogP contribution in [0.1, 0.15) is 40.0 Å². The van der Waals surface area contributed by atoms with Crippen molar-refractivity contribution >= 4 is 6.09 Å². The SMILES string of the molecule is C.C=CCOC(=O)NCCCCCC. The molecule has 0 aromatic rings. The van der Waals surface area contributed by atoms with Crippen molar-refractivity contribution in [2.45, 2.75) is 40.0 Å². The number of carbonyl (C=O) groups is 1. The molecule has 0 saturated carbocycles. The average Bonchev–Trinajstić information content (AvgIpc) is 2.14. The van der Waals surface area contributed by atoms with Gasteiger partial charge in [-0.1, -0.05) is 46.3 Å². The first-order valence-electron chi connectivity index (χ1n) is 4.82. The summed E-state index contributed by atoms with van der Waals surface area (Å²) in [6.07, 6.45) is 5.83. The van der Waals surface area contributed by atoms with Crippen LogP contribution in [-0.2, 0) is 4.74 Å². The highest BCUT2D eigenvalue weighted by molar-refractivity contribution is 5.67. The van der Waals surface area contributed by atoms with Crippen molar-refractivity contribution in [1.82, 2.24) is 5.32 Å². The van der Waals surface area contributed by atoms with E-state index in [1.807, 2.05) is 0 Å². The highest BCUT2D eigenvalue weighted by Crippen LogP contribution is 1.96. The van der Waals surface area contributed by atoms with E-state index in [9.17, 15) is 4.79 Å². The van der Waals surface area contributed by atoms with Gasteiger partial charge in [-0.2, -0.15) is 0 Å². The zero-order valence-corrected chi connectivity index (χ0v) is 8.34. The van der Waals surface area contributed by atoms with Gasteiger partial charge in [0.2, 0.25) is 0 Å². The van der Waals surface area contributed by atoms with Gasteiger partial charge in [-0.15, -0.1) is 0 Å². The van der Waals surface area contributed by atoms with Crippen LogP contribution in [0.5, 0.6) is 0 Å². The number of hydrogen-bond acceptors (Lipinski definition) is 2. The number of carbonyl (C=O) groups excluding carboxylic acids is 1. The molecule has 3 nitrogen and oxygen atoms in total. The maximum Gasteiger partial charge on any atom is 0.407 e. The molecule has 84 valence electrons. The molecule has 0 aliphatic rings. The van der Waals surface area contributed by atoms with Crippen molar-refractivity contribution in [2.24, 2.45) is 0 Å². The van der Waals surface area contributed by atoms with Crippen molar-refractivity contribution in [3.8, 4) is 0 Å². The maximum atomic E-state index is 10.9. The predicted molar refractivity (Wildman–Crippen MR) is 60.4 cm³/mol. The van der Waals surface area contributed by atoms with Crippen LogP contribution in [0, 0.1) is 0 Å². The summed E-state index contributed by atoms with van der Waals surface area (Å²) in [7, 11) is 0. The van der Waals surface area contributed by atoms with Crippen LogP contribution in [0.25, 0.3) is 0 Å². The molecule has 0 unspecified atom stereocenters. The normalized spacial score (nSPS) is 8.64. The Balaban J connectivity index is 0. The lowest BCUT2D eigenvalue weighted by Gasteiger charge is -2.04. The largest absolute Gasteiger partial charge is 0.445 e. The fourth-order valence-corrected chi connectivity index (χ4v) is 0.928. The highest BCUT2D eigenvalue weighted by Gasteiger charge is 1.97. The molecule has 0 rings (SSSR count). The Morgan fingerprint density at radius 2 is 2.14 bits per heavy atom.